The van der Waals surface area contributed by atoms with Crippen molar-refractivity contribution >= 4 is 11.9 Å². The maximum Gasteiger partial charge on any atom is 0.310 e. The minimum atomic E-state index is -0.835. The number of carboxylic acids is 1. The highest BCUT2D eigenvalue weighted by atomic mass is 16.5. The van der Waals surface area contributed by atoms with Crippen molar-refractivity contribution in [2.45, 2.75) is 162 Å². The van der Waals surface area contributed by atoms with Gasteiger partial charge in [-0.25, -0.2) is 0 Å². The SMILES string of the molecule is CCCCCCCCCCCC(CCCCCCCC(C)C)OC(=O)C1CCCCC1C(=O)O. The molecular formula is C30H56O4. The first-order valence-electron chi connectivity index (χ1n) is 14.9. The molecule has 0 aromatic rings. The number of hydrogen-bond acceptors (Lipinski definition) is 3. The van der Waals surface area contributed by atoms with Gasteiger partial charge < -0.3 is 9.84 Å². The van der Waals surface area contributed by atoms with Crippen molar-refractivity contribution in [2.75, 3.05) is 0 Å². The fourth-order valence-electron chi connectivity index (χ4n) is 5.36. The Labute approximate surface area is 211 Å². The molecule has 0 amide bonds. The van der Waals surface area contributed by atoms with Gasteiger partial charge in [0.2, 0.25) is 0 Å². The molecule has 0 spiro atoms. The van der Waals surface area contributed by atoms with E-state index < -0.39 is 17.8 Å². The molecule has 0 radical (unpaired) electrons. The third-order valence-corrected chi connectivity index (χ3v) is 7.61. The highest BCUT2D eigenvalue weighted by Gasteiger charge is 2.37. The average molecular weight is 481 g/mol. The molecule has 0 aromatic carbocycles. The summed E-state index contributed by atoms with van der Waals surface area (Å²) in [6, 6.07) is 0. The Bertz CT molecular complexity index is 516. The van der Waals surface area contributed by atoms with E-state index in [4.69, 9.17) is 4.74 Å². The van der Waals surface area contributed by atoms with Gasteiger partial charge in [0.15, 0.2) is 0 Å². The van der Waals surface area contributed by atoms with E-state index in [0.717, 1.165) is 44.4 Å². The van der Waals surface area contributed by atoms with Crippen LogP contribution < -0.4 is 0 Å². The average Bonchev–Trinajstić information content (AvgIpc) is 2.81. The van der Waals surface area contributed by atoms with Crippen molar-refractivity contribution in [3.05, 3.63) is 0 Å². The number of carbonyl (C=O) groups excluding carboxylic acids is 1. The van der Waals surface area contributed by atoms with Crippen LogP contribution in [0.4, 0.5) is 0 Å². The third-order valence-electron chi connectivity index (χ3n) is 7.61. The molecule has 1 aliphatic rings. The normalized spacial score (nSPS) is 19.3. The maximum atomic E-state index is 12.9. The highest BCUT2D eigenvalue weighted by molar-refractivity contribution is 5.81. The predicted octanol–water partition coefficient (Wildman–Crippen LogP) is 9.10. The second kappa shape index (κ2) is 20.2. The van der Waals surface area contributed by atoms with Crippen molar-refractivity contribution in [2.24, 2.45) is 17.8 Å². The number of hydrogen-bond donors (Lipinski definition) is 1. The van der Waals surface area contributed by atoms with Crippen LogP contribution in [0.5, 0.6) is 0 Å². The fourth-order valence-corrected chi connectivity index (χ4v) is 5.36. The van der Waals surface area contributed by atoms with Gasteiger partial charge >= 0.3 is 11.9 Å². The lowest BCUT2D eigenvalue weighted by molar-refractivity contribution is -0.164. The van der Waals surface area contributed by atoms with Crippen molar-refractivity contribution in [3.8, 4) is 0 Å². The van der Waals surface area contributed by atoms with Gasteiger partial charge in [0, 0.05) is 0 Å². The molecule has 1 rings (SSSR count). The van der Waals surface area contributed by atoms with E-state index in [9.17, 15) is 14.7 Å². The van der Waals surface area contributed by atoms with Crippen LogP contribution in [0.15, 0.2) is 0 Å². The molecule has 34 heavy (non-hydrogen) atoms. The zero-order valence-corrected chi connectivity index (χ0v) is 22.8. The van der Waals surface area contributed by atoms with Crippen molar-refractivity contribution < 1.29 is 19.4 Å². The zero-order chi connectivity index (χ0) is 25.0. The van der Waals surface area contributed by atoms with Gasteiger partial charge in [0.05, 0.1) is 11.8 Å². The van der Waals surface area contributed by atoms with Gasteiger partial charge in [-0.15, -0.1) is 0 Å². The standard InChI is InChI=1S/C30H56O4/c1-4-5-6-7-8-9-10-13-16-21-26(22-17-14-11-12-15-20-25(2)3)34-30(33)28-24-19-18-23-27(28)29(31)32/h25-28H,4-24H2,1-3H3,(H,31,32). The summed E-state index contributed by atoms with van der Waals surface area (Å²) >= 11 is 0. The van der Waals surface area contributed by atoms with Gasteiger partial charge in [0.25, 0.3) is 0 Å². The summed E-state index contributed by atoms with van der Waals surface area (Å²) in [6.45, 7) is 6.82. The van der Waals surface area contributed by atoms with Crippen LogP contribution in [0.25, 0.3) is 0 Å². The van der Waals surface area contributed by atoms with Crippen molar-refractivity contribution in [1.82, 2.24) is 0 Å². The van der Waals surface area contributed by atoms with E-state index in [0.29, 0.717) is 12.8 Å². The molecule has 1 N–H and O–H groups in total. The minimum Gasteiger partial charge on any atom is -0.481 e. The van der Waals surface area contributed by atoms with Crippen LogP contribution in [0.2, 0.25) is 0 Å². The topological polar surface area (TPSA) is 63.6 Å². The van der Waals surface area contributed by atoms with Gasteiger partial charge in [-0.2, -0.15) is 0 Å². The van der Waals surface area contributed by atoms with E-state index in [1.165, 1.54) is 83.5 Å². The monoisotopic (exact) mass is 480 g/mol. The van der Waals surface area contributed by atoms with Crippen molar-refractivity contribution in [1.29, 1.82) is 0 Å². The molecule has 0 aromatic heterocycles. The molecule has 3 unspecified atom stereocenters. The molecule has 4 heteroatoms. The zero-order valence-electron chi connectivity index (χ0n) is 22.8. The van der Waals surface area contributed by atoms with Gasteiger partial charge in [-0.05, 0) is 44.4 Å². The largest absolute Gasteiger partial charge is 0.481 e. The summed E-state index contributed by atoms with van der Waals surface area (Å²) in [5.41, 5.74) is 0. The van der Waals surface area contributed by atoms with Crippen LogP contribution in [0.3, 0.4) is 0 Å². The summed E-state index contributed by atoms with van der Waals surface area (Å²) in [7, 11) is 0. The van der Waals surface area contributed by atoms with E-state index in [-0.39, 0.29) is 12.1 Å². The molecule has 4 nitrogen and oxygen atoms in total. The van der Waals surface area contributed by atoms with Gasteiger partial charge in [0.1, 0.15) is 6.10 Å². The number of carbonyl (C=O) groups is 2. The Hall–Kier alpha value is -1.06. The first-order valence-corrected chi connectivity index (χ1v) is 14.9. The van der Waals surface area contributed by atoms with Crippen molar-refractivity contribution in [3.63, 3.8) is 0 Å². The Morgan fingerprint density at radius 1 is 0.706 bits per heavy atom. The van der Waals surface area contributed by atoms with Gasteiger partial charge in [-0.1, -0.05) is 117 Å². The summed E-state index contributed by atoms with van der Waals surface area (Å²) in [5.74, 6) is -1.30. The van der Waals surface area contributed by atoms with Crippen LogP contribution in [-0.4, -0.2) is 23.1 Å². The van der Waals surface area contributed by atoms with Crippen LogP contribution in [0, 0.1) is 17.8 Å². The Balaban J connectivity index is 2.40. The number of carboxylic acid groups (broad SMARTS) is 1. The van der Waals surface area contributed by atoms with E-state index >= 15 is 0 Å². The lowest BCUT2D eigenvalue weighted by atomic mass is 9.79. The summed E-state index contributed by atoms with van der Waals surface area (Å²) in [6.07, 6.45) is 24.0. The minimum absolute atomic E-state index is 0.0379. The van der Waals surface area contributed by atoms with E-state index in [1.54, 1.807) is 0 Å². The van der Waals surface area contributed by atoms with E-state index in [2.05, 4.69) is 20.8 Å². The maximum absolute atomic E-state index is 12.9. The first-order chi connectivity index (χ1) is 16.5. The summed E-state index contributed by atoms with van der Waals surface area (Å²) < 4.78 is 6.00. The molecular weight excluding hydrogens is 424 g/mol. The van der Waals surface area contributed by atoms with E-state index in [1.807, 2.05) is 0 Å². The lowest BCUT2D eigenvalue weighted by Crippen LogP contribution is -2.35. The third kappa shape index (κ3) is 15.0. The summed E-state index contributed by atoms with van der Waals surface area (Å²) in [5, 5.41) is 9.55. The number of aliphatic carboxylic acids is 1. The number of esters is 1. The molecule has 0 saturated heterocycles. The van der Waals surface area contributed by atoms with Crippen LogP contribution in [-0.2, 0) is 14.3 Å². The molecule has 1 fully saturated rings. The molecule has 200 valence electrons. The molecule has 3 atom stereocenters. The number of ether oxygens (including phenoxy) is 1. The predicted molar refractivity (Wildman–Crippen MR) is 142 cm³/mol. The molecule has 0 aliphatic heterocycles. The Kier molecular flexibility index (Phi) is 18.4. The molecule has 0 bridgehead atoms. The van der Waals surface area contributed by atoms with Crippen LogP contribution >= 0.6 is 0 Å². The second-order valence-electron chi connectivity index (χ2n) is 11.3. The quantitative estimate of drug-likeness (QED) is 0.131. The number of unbranched alkanes of at least 4 members (excludes halogenated alkanes) is 12. The Morgan fingerprint density at radius 2 is 1.15 bits per heavy atom. The second-order valence-corrected chi connectivity index (χ2v) is 11.3. The summed E-state index contributed by atoms with van der Waals surface area (Å²) in [4.78, 5) is 24.6. The molecule has 1 aliphatic carbocycles. The Morgan fingerprint density at radius 3 is 1.62 bits per heavy atom. The molecule has 1 saturated carbocycles. The molecule has 0 heterocycles. The fraction of sp³-hybridized carbons (Fsp3) is 0.933. The smallest absolute Gasteiger partial charge is 0.310 e. The number of rotatable bonds is 21. The first kappa shape index (κ1) is 31.0. The lowest BCUT2D eigenvalue weighted by Gasteiger charge is -2.29. The highest BCUT2D eigenvalue weighted by Crippen LogP contribution is 2.32. The van der Waals surface area contributed by atoms with Crippen LogP contribution in [0.1, 0.15) is 156 Å². The van der Waals surface area contributed by atoms with Gasteiger partial charge in [-0.3, -0.25) is 9.59 Å².